The molecule has 1 amide bonds. The van der Waals surface area contributed by atoms with Gasteiger partial charge in [-0.1, -0.05) is 0 Å². The maximum Gasteiger partial charge on any atom is 0.243 e. The van der Waals surface area contributed by atoms with Crippen molar-refractivity contribution in [2.75, 3.05) is 45.2 Å². The molecule has 0 aromatic heterocycles. The number of benzene rings is 1. The van der Waals surface area contributed by atoms with E-state index in [2.05, 4.69) is 15.6 Å². The van der Waals surface area contributed by atoms with Gasteiger partial charge in [0.25, 0.3) is 0 Å². The number of hydrogen-bond donors (Lipinski definition) is 2. The number of nitrogens with one attached hydrogen (secondary N) is 2. The second kappa shape index (κ2) is 11.0. The van der Waals surface area contributed by atoms with Crippen LogP contribution in [0.3, 0.4) is 0 Å². The largest absolute Gasteiger partial charge is 0.375 e. The average molecular weight is 528 g/mol. The summed E-state index contributed by atoms with van der Waals surface area (Å²) in [5, 5.41) is 5.11. The van der Waals surface area contributed by atoms with Crippen LogP contribution in [0.1, 0.15) is 12.8 Å². The van der Waals surface area contributed by atoms with Gasteiger partial charge in [0.05, 0.1) is 24.9 Å². The lowest BCUT2D eigenvalue weighted by Gasteiger charge is -2.37. The van der Waals surface area contributed by atoms with Crippen LogP contribution in [0.5, 0.6) is 0 Å². The number of carbonyl (C=O) groups excluding carboxylic acids is 1. The van der Waals surface area contributed by atoms with E-state index in [1.54, 1.807) is 7.05 Å². The number of halogens is 4. The summed E-state index contributed by atoms with van der Waals surface area (Å²) >= 11 is 0. The predicted molar refractivity (Wildman–Crippen MR) is 112 cm³/mol. The Morgan fingerprint density at radius 2 is 1.97 bits per heavy atom. The van der Waals surface area contributed by atoms with Crippen molar-refractivity contribution < 1.29 is 27.4 Å². The Bertz CT molecular complexity index is 747. The third-order valence-electron chi connectivity index (χ3n) is 4.70. The van der Waals surface area contributed by atoms with E-state index in [4.69, 9.17) is 9.47 Å². The molecule has 2 saturated heterocycles. The van der Waals surface area contributed by atoms with Crippen LogP contribution in [0.15, 0.2) is 17.1 Å². The first-order chi connectivity index (χ1) is 13.5. The Morgan fingerprint density at radius 3 is 2.66 bits per heavy atom. The van der Waals surface area contributed by atoms with Crippen molar-refractivity contribution in [3.8, 4) is 0 Å². The molecule has 162 valence electrons. The van der Waals surface area contributed by atoms with Gasteiger partial charge in [-0.05, 0) is 25.0 Å². The van der Waals surface area contributed by atoms with Gasteiger partial charge in [0.2, 0.25) is 5.91 Å². The molecule has 0 saturated carbocycles. The van der Waals surface area contributed by atoms with Gasteiger partial charge in [-0.25, -0.2) is 13.2 Å². The highest BCUT2D eigenvalue weighted by Crippen LogP contribution is 2.21. The van der Waals surface area contributed by atoms with Crippen LogP contribution in [-0.2, 0) is 14.3 Å². The van der Waals surface area contributed by atoms with Gasteiger partial charge in [-0.3, -0.25) is 9.79 Å². The van der Waals surface area contributed by atoms with Gasteiger partial charge in [0, 0.05) is 26.7 Å². The smallest absolute Gasteiger partial charge is 0.243 e. The number of aliphatic imine (C=N–C) groups is 1. The van der Waals surface area contributed by atoms with Crippen molar-refractivity contribution in [2.24, 2.45) is 4.99 Å². The summed E-state index contributed by atoms with van der Waals surface area (Å²) in [7, 11) is 1.59. The molecule has 2 N–H and O–H groups in total. The number of guanidine groups is 1. The number of anilines is 1. The van der Waals surface area contributed by atoms with E-state index in [1.807, 2.05) is 4.90 Å². The molecular weight excluding hydrogens is 504 g/mol. The van der Waals surface area contributed by atoms with Crippen LogP contribution in [-0.4, -0.2) is 68.9 Å². The molecule has 2 unspecified atom stereocenters. The minimum Gasteiger partial charge on any atom is -0.375 e. The van der Waals surface area contributed by atoms with Crippen LogP contribution in [0, 0.1) is 17.5 Å². The molecule has 11 heteroatoms. The summed E-state index contributed by atoms with van der Waals surface area (Å²) in [6, 6.07) is 1.72. The van der Waals surface area contributed by atoms with E-state index in [0.717, 1.165) is 31.6 Å². The lowest BCUT2D eigenvalue weighted by Crippen LogP contribution is -2.54. The third kappa shape index (κ3) is 5.95. The number of morpholine rings is 1. The van der Waals surface area contributed by atoms with E-state index in [-0.39, 0.29) is 42.7 Å². The molecule has 0 spiro atoms. The minimum absolute atomic E-state index is 0. The first-order valence-corrected chi connectivity index (χ1v) is 9.11. The Balaban J connectivity index is 0.00000300. The van der Waals surface area contributed by atoms with Crippen molar-refractivity contribution in [1.82, 2.24) is 10.2 Å². The van der Waals surface area contributed by atoms with E-state index >= 15 is 0 Å². The molecule has 2 heterocycles. The molecule has 2 fully saturated rings. The first kappa shape index (κ1) is 23.7. The molecule has 1 aromatic carbocycles. The van der Waals surface area contributed by atoms with Gasteiger partial charge < -0.3 is 25.0 Å². The summed E-state index contributed by atoms with van der Waals surface area (Å²) in [5.41, 5.74) is -0.425. The van der Waals surface area contributed by atoms with Gasteiger partial charge in [0.1, 0.15) is 6.10 Å². The number of hydrogen-bond acceptors (Lipinski definition) is 4. The van der Waals surface area contributed by atoms with Gasteiger partial charge in [-0.2, -0.15) is 0 Å². The van der Waals surface area contributed by atoms with E-state index in [9.17, 15) is 18.0 Å². The normalized spacial score (nSPS) is 22.2. The fourth-order valence-electron chi connectivity index (χ4n) is 3.30. The lowest BCUT2D eigenvalue weighted by atomic mass is 10.1. The zero-order valence-electron chi connectivity index (χ0n) is 15.9. The number of carbonyl (C=O) groups is 1. The standard InChI is InChI=1S/C18H23F3N4O3.HI/c1-22-18(25-6-8-28-14(10-25)13-3-2-7-27-13)23-9-15(26)24-12-5-4-11(19)16(20)17(12)21;/h4-5,13-14H,2-3,6-10H2,1H3,(H,22,23)(H,24,26);1H. The van der Waals surface area contributed by atoms with E-state index < -0.39 is 29.0 Å². The molecule has 0 aliphatic carbocycles. The van der Waals surface area contributed by atoms with Crippen molar-refractivity contribution in [3.63, 3.8) is 0 Å². The highest BCUT2D eigenvalue weighted by Gasteiger charge is 2.32. The lowest BCUT2D eigenvalue weighted by molar-refractivity contribution is -0.115. The minimum atomic E-state index is -1.63. The van der Waals surface area contributed by atoms with Crippen molar-refractivity contribution in [1.29, 1.82) is 0 Å². The van der Waals surface area contributed by atoms with Gasteiger partial charge >= 0.3 is 0 Å². The van der Waals surface area contributed by atoms with Gasteiger partial charge in [-0.15, -0.1) is 24.0 Å². The first-order valence-electron chi connectivity index (χ1n) is 9.11. The molecule has 29 heavy (non-hydrogen) atoms. The summed E-state index contributed by atoms with van der Waals surface area (Å²) in [6.07, 6.45) is 1.95. The second-order valence-corrected chi connectivity index (χ2v) is 6.58. The Labute approximate surface area is 184 Å². The quantitative estimate of drug-likeness (QED) is 0.271. The summed E-state index contributed by atoms with van der Waals surface area (Å²) in [4.78, 5) is 18.2. The van der Waals surface area contributed by atoms with Crippen molar-refractivity contribution >= 4 is 41.5 Å². The molecule has 0 bridgehead atoms. The second-order valence-electron chi connectivity index (χ2n) is 6.58. The maximum atomic E-state index is 13.7. The molecule has 7 nitrogen and oxygen atoms in total. The van der Waals surface area contributed by atoms with Crippen LogP contribution in [0.2, 0.25) is 0 Å². The number of amides is 1. The predicted octanol–water partition coefficient (Wildman–Crippen LogP) is 2.12. The van der Waals surface area contributed by atoms with Crippen molar-refractivity contribution in [3.05, 3.63) is 29.6 Å². The maximum absolute atomic E-state index is 13.7. The van der Waals surface area contributed by atoms with E-state index in [1.165, 1.54) is 0 Å². The van der Waals surface area contributed by atoms with Crippen LogP contribution in [0.4, 0.5) is 18.9 Å². The molecule has 2 aliphatic rings. The summed E-state index contributed by atoms with van der Waals surface area (Å²) in [6.45, 7) is 2.20. The monoisotopic (exact) mass is 528 g/mol. The zero-order valence-corrected chi connectivity index (χ0v) is 18.3. The molecule has 3 rings (SSSR count). The molecule has 0 radical (unpaired) electrons. The molecular formula is C18H24F3IN4O3. The Kier molecular flexibility index (Phi) is 8.96. The van der Waals surface area contributed by atoms with Crippen LogP contribution < -0.4 is 10.6 Å². The zero-order chi connectivity index (χ0) is 20.1. The SMILES string of the molecule is CN=C(NCC(=O)Nc1ccc(F)c(F)c1F)N1CCOC(C2CCCO2)C1.I. The number of nitrogens with zero attached hydrogens (tertiary/aromatic N) is 2. The van der Waals surface area contributed by atoms with Crippen LogP contribution in [0.25, 0.3) is 0 Å². The fraction of sp³-hybridized carbons (Fsp3) is 0.556. The summed E-state index contributed by atoms with van der Waals surface area (Å²) < 4.78 is 51.3. The third-order valence-corrected chi connectivity index (χ3v) is 4.70. The number of ether oxygens (including phenoxy) is 2. The summed E-state index contributed by atoms with van der Waals surface area (Å²) in [5.74, 6) is -4.51. The van der Waals surface area contributed by atoms with E-state index in [0.29, 0.717) is 25.7 Å². The Hall–Kier alpha value is -1.60. The Morgan fingerprint density at radius 1 is 1.21 bits per heavy atom. The van der Waals surface area contributed by atoms with Gasteiger partial charge in [0.15, 0.2) is 23.4 Å². The number of rotatable bonds is 4. The highest BCUT2D eigenvalue weighted by atomic mass is 127. The highest BCUT2D eigenvalue weighted by molar-refractivity contribution is 14.0. The fourth-order valence-corrected chi connectivity index (χ4v) is 3.30. The van der Waals surface area contributed by atoms with Crippen LogP contribution >= 0.6 is 24.0 Å². The molecule has 2 atom stereocenters. The molecule has 2 aliphatic heterocycles. The topological polar surface area (TPSA) is 75.2 Å². The molecule has 1 aromatic rings. The van der Waals surface area contributed by atoms with Crippen molar-refractivity contribution in [2.45, 2.75) is 25.0 Å². The average Bonchev–Trinajstić information content (AvgIpc) is 3.24.